The van der Waals surface area contributed by atoms with Crippen molar-refractivity contribution in [2.24, 2.45) is 0 Å². The van der Waals surface area contributed by atoms with E-state index in [0.717, 1.165) is 12.8 Å². The summed E-state index contributed by atoms with van der Waals surface area (Å²) < 4.78 is 0. The van der Waals surface area contributed by atoms with Crippen molar-refractivity contribution >= 4 is 22.8 Å². The second-order valence-corrected chi connectivity index (χ2v) is 7.03. The molecule has 1 aromatic heterocycles. The summed E-state index contributed by atoms with van der Waals surface area (Å²) >= 11 is 0. The Labute approximate surface area is 163 Å². The predicted octanol–water partition coefficient (Wildman–Crippen LogP) is 2.59. The number of carbonyl (C=O) groups excluding carboxylic acids is 2. The quantitative estimate of drug-likeness (QED) is 0.720. The van der Waals surface area contributed by atoms with Crippen LogP contribution in [0.25, 0.3) is 11.0 Å². The van der Waals surface area contributed by atoms with E-state index in [4.69, 9.17) is 0 Å². The van der Waals surface area contributed by atoms with Crippen LogP contribution in [-0.4, -0.2) is 45.8 Å². The molecule has 2 heterocycles. The molecule has 1 N–H and O–H groups in total. The van der Waals surface area contributed by atoms with Gasteiger partial charge in [0.15, 0.2) is 0 Å². The Hall–Kier alpha value is -3.28. The number of nitrogens with one attached hydrogen (secondary N) is 1. The van der Waals surface area contributed by atoms with Crippen LogP contribution in [0, 0.1) is 0 Å². The maximum atomic E-state index is 12.7. The fourth-order valence-corrected chi connectivity index (χ4v) is 3.64. The Balaban J connectivity index is 1.34. The molecule has 0 spiro atoms. The third-order valence-electron chi connectivity index (χ3n) is 5.03. The van der Waals surface area contributed by atoms with Gasteiger partial charge in [-0.15, -0.1) is 0 Å². The van der Waals surface area contributed by atoms with Crippen LogP contribution >= 0.6 is 0 Å². The molecule has 28 heavy (non-hydrogen) atoms. The minimum atomic E-state index is -0.213. The van der Waals surface area contributed by atoms with E-state index in [0.29, 0.717) is 36.1 Å². The summed E-state index contributed by atoms with van der Waals surface area (Å²) in [7, 11) is 0. The Morgan fingerprint density at radius 1 is 1.07 bits per heavy atom. The van der Waals surface area contributed by atoms with Crippen LogP contribution in [0.3, 0.4) is 0 Å². The number of likely N-dealkylation sites (tertiary alicyclic amines) is 1. The third kappa shape index (κ3) is 4.01. The van der Waals surface area contributed by atoms with Crippen molar-refractivity contribution in [2.75, 3.05) is 13.1 Å². The highest BCUT2D eigenvalue weighted by molar-refractivity contribution is 6.04. The molecular weight excluding hydrogens is 352 g/mol. The van der Waals surface area contributed by atoms with Crippen LogP contribution in [0.1, 0.15) is 28.8 Å². The molecular formula is C22H22N4O2. The molecule has 1 atom stereocenters. The lowest BCUT2D eigenvalue weighted by Gasteiger charge is -2.17. The number of rotatable bonds is 6. The highest BCUT2D eigenvalue weighted by Crippen LogP contribution is 2.17. The van der Waals surface area contributed by atoms with Gasteiger partial charge in [-0.2, -0.15) is 0 Å². The number of amides is 2. The lowest BCUT2D eigenvalue weighted by atomic mass is 10.1. The average molecular weight is 374 g/mol. The average Bonchev–Trinajstić information content (AvgIpc) is 3.07. The summed E-state index contributed by atoms with van der Waals surface area (Å²) in [6, 6.07) is 15.4. The second kappa shape index (κ2) is 8.17. The SMILES string of the molecule is O=C(NC1CC(=O)N(CCCc2ccccc2)C1)c1cccc2nccnc12. The third-order valence-corrected chi connectivity index (χ3v) is 5.03. The molecule has 0 bridgehead atoms. The van der Waals surface area contributed by atoms with Gasteiger partial charge in [-0.1, -0.05) is 36.4 Å². The summed E-state index contributed by atoms with van der Waals surface area (Å²) in [6.07, 6.45) is 5.37. The van der Waals surface area contributed by atoms with Gasteiger partial charge in [0.2, 0.25) is 5.91 Å². The first-order valence-electron chi connectivity index (χ1n) is 9.53. The van der Waals surface area contributed by atoms with Crippen molar-refractivity contribution in [3.63, 3.8) is 0 Å². The van der Waals surface area contributed by atoms with Gasteiger partial charge < -0.3 is 10.2 Å². The van der Waals surface area contributed by atoms with Gasteiger partial charge in [-0.3, -0.25) is 19.6 Å². The first-order chi connectivity index (χ1) is 13.7. The van der Waals surface area contributed by atoms with Crippen molar-refractivity contribution < 1.29 is 9.59 Å². The van der Waals surface area contributed by atoms with Crippen molar-refractivity contribution in [3.8, 4) is 0 Å². The molecule has 4 rings (SSSR count). The molecule has 1 unspecified atom stereocenters. The molecule has 2 aromatic carbocycles. The summed E-state index contributed by atoms with van der Waals surface area (Å²) in [6.45, 7) is 1.26. The molecule has 6 nitrogen and oxygen atoms in total. The van der Waals surface area contributed by atoms with Crippen molar-refractivity contribution in [1.29, 1.82) is 0 Å². The normalized spacial score (nSPS) is 16.5. The van der Waals surface area contributed by atoms with E-state index in [-0.39, 0.29) is 17.9 Å². The summed E-state index contributed by atoms with van der Waals surface area (Å²) in [4.78, 5) is 35.4. The van der Waals surface area contributed by atoms with Crippen molar-refractivity contribution in [2.45, 2.75) is 25.3 Å². The van der Waals surface area contributed by atoms with Crippen LogP contribution in [0.4, 0.5) is 0 Å². The van der Waals surface area contributed by atoms with E-state index in [1.165, 1.54) is 5.56 Å². The Kier molecular flexibility index (Phi) is 5.28. The number of para-hydroxylation sites is 1. The molecule has 1 saturated heterocycles. The van der Waals surface area contributed by atoms with Crippen LogP contribution in [0.15, 0.2) is 60.9 Å². The Morgan fingerprint density at radius 3 is 2.75 bits per heavy atom. The summed E-state index contributed by atoms with van der Waals surface area (Å²) in [5.74, 6) is -0.119. The lowest BCUT2D eigenvalue weighted by Crippen LogP contribution is -2.37. The first-order valence-corrected chi connectivity index (χ1v) is 9.53. The molecule has 0 saturated carbocycles. The molecule has 3 aromatic rings. The number of benzene rings is 2. The molecule has 0 aliphatic carbocycles. The van der Waals surface area contributed by atoms with Gasteiger partial charge in [0, 0.05) is 31.9 Å². The fourth-order valence-electron chi connectivity index (χ4n) is 3.64. The molecule has 0 radical (unpaired) electrons. The zero-order valence-corrected chi connectivity index (χ0v) is 15.5. The number of aromatic nitrogens is 2. The molecule has 2 amide bonds. The maximum absolute atomic E-state index is 12.7. The maximum Gasteiger partial charge on any atom is 0.253 e. The highest BCUT2D eigenvalue weighted by Gasteiger charge is 2.30. The number of aryl methyl sites for hydroxylation is 1. The fraction of sp³-hybridized carbons (Fsp3) is 0.273. The number of hydrogen-bond donors (Lipinski definition) is 1. The Bertz CT molecular complexity index is 985. The number of nitrogens with zero attached hydrogens (tertiary/aromatic N) is 3. The van der Waals surface area contributed by atoms with Gasteiger partial charge >= 0.3 is 0 Å². The largest absolute Gasteiger partial charge is 0.347 e. The topological polar surface area (TPSA) is 75.2 Å². The zero-order chi connectivity index (χ0) is 19.3. The van der Waals surface area contributed by atoms with Gasteiger partial charge in [0.25, 0.3) is 5.91 Å². The van der Waals surface area contributed by atoms with E-state index in [9.17, 15) is 9.59 Å². The van der Waals surface area contributed by atoms with E-state index in [2.05, 4.69) is 27.4 Å². The number of carbonyl (C=O) groups is 2. The van der Waals surface area contributed by atoms with E-state index in [1.54, 1.807) is 24.5 Å². The van der Waals surface area contributed by atoms with Gasteiger partial charge in [0.05, 0.1) is 17.1 Å². The number of fused-ring (bicyclic) bond motifs is 1. The van der Waals surface area contributed by atoms with Crippen LogP contribution < -0.4 is 5.32 Å². The van der Waals surface area contributed by atoms with Gasteiger partial charge in [0.1, 0.15) is 5.52 Å². The van der Waals surface area contributed by atoms with Crippen LogP contribution in [0.2, 0.25) is 0 Å². The molecule has 6 heteroatoms. The van der Waals surface area contributed by atoms with E-state index in [1.807, 2.05) is 29.2 Å². The monoisotopic (exact) mass is 374 g/mol. The standard InChI is InChI=1S/C22H22N4O2/c27-20-14-17(15-26(20)13-5-8-16-6-2-1-3-7-16)25-22(28)18-9-4-10-19-21(18)24-12-11-23-19/h1-4,6-7,9-12,17H,5,8,13-15H2,(H,25,28). The van der Waals surface area contributed by atoms with Gasteiger partial charge in [-0.25, -0.2) is 0 Å². The summed E-state index contributed by atoms with van der Waals surface area (Å²) in [5.41, 5.74) is 3.02. The van der Waals surface area contributed by atoms with E-state index >= 15 is 0 Å². The van der Waals surface area contributed by atoms with Crippen molar-refractivity contribution in [3.05, 3.63) is 72.1 Å². The zero-order valence-electron chi connectivity index (χ0n) is 15.5. The van der Waals surface area contributed by atoms with Crippen molar-refractivity contribution in [1.82, 2.24) is 20.2 Å². The Morgan fingerprint density at radius 2 is 1.89 bits per heavy atom. The number of hydrogen-bond acceptors (Lipinski definition) is 4. The second-order valence-electron chi connectivity index (χ2n) is 7.03. The predicted molar refractivity (Wildman–Crippen MR) is 107 cm³/mol. The minimum Gasteiger partial charge on any atom is -0.347 e. The minimum absolute atomic E-state index is 0.0936. The molecule has 1 aliphatic rings. The highest BCUT2D eigenvalue weighted by atomic mass is 16.2. The molecule has 1 aliphatic heterocycles. The summed E-state index contributed by atoms with van der Waals surface area (Å²) in [5, 5.41) is 2.99. The van der Waals surface area contributed by atoms with Crippen LogP contribution in [0.5, 0.6) is 0 Å². The lowest BCUT2D eigenvalue weighted by molar-refractivity contribution is -0.127. The first kappa shape index (κ1) is 18.1. The van der Waals surface area contributed by atoms with Gasteiger partial charge in [-0.05, 0) is 30.5 Å². The smallest absolute Gasteiger partial charge is 0.253 e. The molecule has 1 fully saturated rings. The molecule has 142 valence electrons. The van der Waals surface area contributed by atoms with Crippen LogP contribution in [-0.2, 0) is 11.2 Å². The van der Waals surface area contributed by atoms with E-state index < -0.39 is 0 Å².